The van der Waals surface area contributed by atoms with E-state index >= 15 is 0 Å². The molecule has 0 aromatic rings. The second-order valence-electron chi connectivity index (χ2n) is 5.62. The third-order valence-electron chi connectivity index (χ3n) is 2.33. The Morgan fingerprint density at radius 1 is 1.30 bits per heavy atom. The average Bonchev–Trinajstić information content (AvgIpc) is 2.39. The Morgan fingerprint density at radius 2 is 1.87 bits per heavy atom. The third-order valence-corrected chi connectivity index (χ3v) is 2.95. The van der Waals surface area contributed by atoms with Gasteiger partial charge in [-0.15, -0.1) is 0 Å². The Balaban J connectivity index is 5.22. The van der Waals surface area contributed by atoms with E-state index in [2.05, 4.69) is 5.32 Å². The largest absolute Gasteiger partial charge is 0.391 e. The van der Waals surface area contributed by atoms with Gasteiger partial charge in [-0.05, 0) is 27.0 Å². The predicted octanol–water partition coefficient (Wildman–Crippen LogP) is 1.54. The number of nitrogens with one attached hydrogen (secondary N) is 1. The molecular weight excluding hydrogens is 337 g/mol. The highest BCUT2D eigenvalue weighted by atomic mass is 32.2. The minimum atomic E-state index is -4.75. The summed E-state index contributed by atoms with van der Waals surface area (Å²) in [6, 6.07) is -2.07. The molecule has 0 aliphatic carbocycles. The van der Waals surface area contributed by atoms with Gasteiger partial charge in [0.2, 0.25) is 12.2 Å². The third kappa shape index (κ3) is 9.44. The zero-order chi connectivity index (χ0) is 18.3. The summed E-state index contributed by atoms with van der Waals surface area (Å²) in [5.41, 5.74) is -1.01. The van der Waals surface area contributed by atoms with Crippen molar-refractivity contribution < 1.29 is 32.4 Å². The highest BCUT2D eigenvalue weighted by Gasteiger charge is 2.42. The molecule has 1 N–H and O–H groups in total. The van der Waals surface area contributed by atoms with Crippen LogP contribution in [0.3, 0.4) is 0 Å². The van der Waals surface area contributed by atoms with Crippen LogP contribution in [0.1, 0.15) is 27.2 Å². The molecule has 0 radical (unpaired) electrons. The smallest absolute Gasteiger partial charge is 0.349 e. The van der Waals surface area contributed by atoms with E-state index in [1.54, 1.807) is 6.26 Å². The Labute approximate surface area is 137 Å². The van der Waals surface area contributed by atoms with Crippen LogP contribution in [0.2, 0.25) is 0 Å². The van der Waals surface area contributed by atoms with Crippen LogP contribution >= 0.6 is 11.8 Å². The topological polar surface area (TPSA) is 75.7 Å². The van der Waals surface area contributed by atoms with E-state index < -0.39 is 35.9 Å². The lowest BCUT2D eigenvalue weighted by atomic mass is 10.1. The van der Waals surface area contributed by atoms with Crippen LogP contribution in [0.25, 0.3) is 0 Å². The highest BCUT2D eigenvalue weighted by Crippen LogP contribution is 2.25. The first-order valence-corrected chi connectivity index (χ1v) is 8.11. The number of Topliss-reactive ketones (excluding diaryl/α,β-unsaturated/α-hetero) is 1. The number of hydroxylamine groups is 2. The van der Waals surface area contributed by atoms with Gasteiger partial charge in [0.1, 0.15) is 6.04 Å². The van der Waals surface area contributed by atoms with Crippen LogP contribution in [0.4, 0.5) is 13.2 Å². The molecule has 0 bridgehead atoms. The van der Waals surface area contributed by atoms with Crippen molar-refractivity contribution in [1.29, 1.82) is 0 Å². The fraction of sp³-hybridized carbons (Fsp3) is 0.769. The van der Waals surface area contributed by atoms with Gasteiger partial charge in [0.25, 0.3) is 5.91 Å². The molecule has 134 valence electrons. The molecule has 0 saturated heterocycles. The highest BCUT2D eigenvalue weighted by molar-refractivity contribution is 7.98. The molecular formula is C13H21F3N2O4S. The Morgan fingerprint density at radius 3 is 2.26 bits per heavy atom. The van der Waals surface area contributed by atoms with E-state index in [0.717, 1.165) is 0 Å². The van der Waals surface area contributed by atoms with Crippen LogP contribution in [0.15, 0.2) is 0 Å². The average molecular weight is 358 g/mol. The molecule has 0 aliphatic rings. The van der Waals surface area contributed by atoms with E-state index in [1.807, 2.05) is 0 Å². The van der Waals surface area contributed by atoms with Crippen molar-refractivity contribution in [2.75, 3.05) is 18.6 Å². The fourth-order valence-electron chi connectivity index (χ4n) is 1.50. The van der Waals surface area contributed by atoms with Crippen molar-refractivity contribution in [2.24, 2.45) is 0 Å². The first kappa shape index (κ1) is 21.7. The maximum absolute atomic E-state index is 12.7. The standard InChI is InChI=1S/C13H21F3N2O4S/c1-12(2,3)22-18(8-19)9(7-13(14,15)16)10(20)11(21)17-5-6-23-4/h8-9H,5-7H2,1-4H3,(H,17,21)/t9-/m0/s1. The molecule has 0 saturated carbocycles. The summed E-state index contributed by atoms with van der Waals surface area (Å²) in [7, 11) is 0. The lowest BCUT2D eigenvalue weighted by Gasteiger charge is -2.32. The first-order valence-electron chi connectivity index (χ1n) is 6.71. The molecule has 2 amide bonds. The van der Waals surface area contributed by atoms with Gasteiger partial charge in [0.15, 0.2) is 0 Å². The number of hydrogen-bond acceptors (Lipinski definition) is 5. The van der Waals surface area contributed by atoms with E-state index in [0.29, 0.717) is 5.75 Å². The number of hydrogen-bond donors (Lipinski definition) is 1. The fourth-order valence-corrected chi connectivity index (χ4v) is 1.80. The van der Waals surface area contributed by atoms with Gasteiger partial charge in [0, 0.05) is 12.3 Å². The second-order valence-corrected chi connectivity index (χ2v) is 6.60. The lowest BCUT2D eigenvalue weighted by Crippen LogP contribution is -2.51. The molecule has 0 aromatic heterocycles. The van der Waals surface area contributed by atoms with Crippen molar-refractivity contribution in [3.05, 3.63) is 0 Å². The molecule has 0 unspecified atom stereocenters. The van der Waals surface area contributed by atoms with Crippen molar-refractivity contribution in [3.8, 4) is 0 Å². The molecule has 0 fully saturated rings. The molecule has 10 heteroatoms. The number of carbonyl (C=O) groups is 3. The van der Waals surface area contributed by atoms with Crippen LogP contribution < -0.4 is 5.32 Å². The summed E-state index contributed by atoms with van der Waals surface area (Å²) < 4.78 is 38.0. The summed E-state index contributed by atoms with van der Waals surface area (Å²) >= 11 is 1.40. The minimum Gasteiger partial charge on any atom is -0.349 e. The molecule has 1 atom stereocenters. The Kier molecular flexibility index (Phi) is 8.60. The summed E-state index contributed by atoms with van der Waals surface area (Å²) in [6.07, 6.45) is -4.68. The zero-order valence-corrected chi connectivity index (χ0v) is 14.2. The second kappa shape index (κ2) is 9.11. The number of alkyl halides is 3. The molecule has 0 aromatic carbocycles. The van der Waals surface area contributed by atoms with Gasteiger partial charge in [-0.25, -0.2) is 5.06 Å². The van der Waals surface area contributed by atoms with Crippen LogP contribution in [0, 0.1) is 0 Å². The zero-order valence-electron chi connectivity index (χ0n) is 13.4. The predicted molar refractivity (Wildman–Crippen MR) is 79.6 cm³/mol. The van der Waals surface area contributed by atoms with Gasteiger partial charge in [-0.2, -0.15) is 24.9 Å². The van der Waals surface area contributed by atoms with E-state index in [-0.39, 0.29) is 18.0 Å². The monoisotopic (exact) mass is 358 g/mol. The SMILES string of the molecule is CSCCNC(=O)C(=O)[C@H](CC(F)(F)F)N(C=O)OC(C)(C)C. The summed E-state index contributed by atoms with van der Waals surface area (Å²) in [5.74, 6) is -2.06. The number of rotatable bonds is 9. The van der Waals surface area contributed by atoms with Gasteiger partial charge in [-0.3, -0.25) is 19.2 Å². The normalized spacial score (nSPS) is 13.3. The number of nitrogens with zero attached hydrogens (tertiary/aromatic N) is 1. The molecule has 0 rings (SSSR count). The van der Waals surface area contributed by atoms with Gasteiger partial charge < -0.3 is 5.32 Å². The van der Waals surface area contributed by atoms with Crippen molar-refractivity contribution >= 4 is 29.9 Å². The van der Waals surface area contributed by atoms with Crippen molar-refractivity contribution in [2.45, 2.75) is 45.0 Å². The lowest BCUT2D eigenvalue weighted by molar-refractivity contribution is -0.244. The van der Waals surface area contributed by atoms with Crippen molar-refractivity contribution in [1.82, 2.24) is 10.4 Å². The van der Waals surface area contributed by atoms with E-state index in [9.17, 15) is 27.6 Å². The van der Waals surface area contributed by atoms with Crippen LogP contribution in [-0.4, -0.2) is 59.5 Å². The summed E-state index contributed by atoms with van der Waals surface area (Å²) in [4.78, 5) is 39.8. The van der Waals surface area contributed by atoms with E-state index in [4.69, 9.17) is 4.84 Å². The maximum atomic E-state index is 12.7. The number of carbonyl (C=O) groups excluding carboxylic acids is 3. The Hall–Kier alpha value is -1.29. The summed E-state index contributed by atoms with van der Waals surface area (Å²) in [5, 5.41) is 2.47. The van der Waals surface area contributed by atoms with Gasteiger partial charge in [0.05, 0.1) is 12.0 Å². The summed E-state index contributed by atoms with van der Waals surface area (Å²) in [6.45, 7) is 4.62. The molecule has 0 spiro atoms. The molecule has 6 nitrogen and oxygen atoms in total. The number of thioether (sulfide) groups is 1. The number of amides is 2. The maximum Gasteiger partial charge on any atom is 0.391 e. The van der Waals surface area contributed by atoms with Crippen molar-refractivity contribution in [3.63, 3.8) is 0 Å². The number of halogens is 3. The molecule has 23 heavy (non-hydrogen) atoms. The minimum absolute atomic E-state index is 0.0330. The van der Waals surface area contributed by atoms with Gasteiger partial charge >= 0.3 is 6.18 Å². The quantitative estimate of drug-likeness (QED) is 0.293. The Bertz CT molecular complexity index is 424. The van der Waals surface area contributed by atoms with Gasteiger partial charge in [-0.1, -0.05) is 0 Å². The first-order chi connectivity index (χ1) is 10.4. The van der Waals surface area contributed by atoms with Crippen LogP contribution in [0.5, 0.6) is 0 Å². The number of ketones is 1. The van der Waals surface area contributed by atoms with E-state index in [1.165, 1.54) is 32.5 Å². The molecule has 0 aliphatic heterocycles. The van der Waals surface area contributed by atoms with Crippen LogP contribution in [-0.2, 0) is 19.2 Å². The molecule has 0 heterocycles.